The lowest BCUT2D eigenvalue weighted by Gasteiger charge is -2.18. The summed E-state index contributed by atoms with van der Waals surface area (Å²) in [5, 5.41) is 0. The maximum Gasteiger partial charge on any atom is 0.330 e. The van der Waals surface area contributed by atoms with Crippen molar-refractivity contribution < 1.29 is 14.3 Å². The van der Waals surface area contributed by atoms with Gasteiger partial charge >= 0.3 is 5.97 Å². The third-order valence-corrected chi connectivity index (χ3v) is 2.33. The number of allylic oxidation sites excluding steroid dienone is 1. The number of ether oxygens (including phenoxy) is 2. The Morgan fingerprint density at radius 2 is 2.13 bits per heavy atom. The van der Waals surface area contributed by atoms with E-state index in [1.165, 1.54) is 0 Å². The van der Waals surface area contributed by atoms with Crippen molar-refractivity contribution in [1.82, 2.24) is 0 Å². The molecule has 1 heterocycles. The average Bonchev–Trinajstić information content (AvgIpc) is 2.25. The van der Waals surface area contributed by atoms with Crippen LogP contribution in [-0.4, -0.2) is 25.8 Å². The van der Waals surface area contributed by atoms with Crippen LogP contribution in [0.15, 0.2) is 12.2 Å². The summed E-state index contributed by atoms with van der Waals surface area (Å²) in [7, 11) is 0. The molecule has 0 amide bonds. The molecule has 0 bridgehead atoms. The first kappa shape index (κ1) is 12.2. The van der Waals surface area contributed by atoms with Crippen LogP contribution in [0.25, 0.3) is 0 Å². The molecule has 15 heavy (non-hydrogen) atoms. The van der Waals surface area contributed by atoms with Crippen LogP contribution in [0, 0.1) is 11.8 Å². The fraction of sp³-hybridized carbons (Fsp3) is 0.750. The van der Waals surface area contributed by atoms with E-state index in [2.05, 4.69) is 0 Å². The largest absolute Gasteiger partial charge is 0.462 e. The zero-order valence-electron chi connectivity index (χ0n) is 9.57. The van der Waals surface area contributed by atoms with Gasteiger partial charge in [0.25, 0.3) is 0 Å². The number of hydrogen-bond donors (Lipinski definition) is 0. The van der Waals surface area contributed by atoms with E-state index < -0.39 is 0 Å². The van der Waals surface area contributed by atoms with Gasteiger partial charge in [-0.05, 0) is 24.7 Å². The SMILES string of the molecule is CC(C)COC(=O)C=CC1CCOCC1. The fourth-order valence-corrected chi connectivity index (χ4v) is 1.42. The summed E-state index contributed by atoms with van der Waals surface area (Å²) in [5.74, 6) is 0.644. The number of carbonyl (C=O) groups excluding carboxylic acids is 1. The summed E-state index contributed by atoms with van der Waals surface area (Å²) in [4.78, 5) is 11.2. The van der Waals surface area contributed by atoms with Crippen LogP contribution in [0.2, 0.25) is 0 Å². The van der Waals surface area contributed by atoms with Crippen LogP contribution < -0.4 is 0 Å². The van der Waals surface area contributed by atoms with Crippen molar-refractivity contribution in [3.8, 4) is 0 Å². The molecule has 0 saturated carbocycles. The lowest BCUT2D eigenvalue weighted by molar-refractivity contribution is -0.138. The van der Waals surface area contributed by atoms with Gasteiger partial charge in [-0.3, -0.25) is 0 Å². The number of carbonyl (C=O) groups is 1. The zero-order valence-corrected chi connectivity index (χ0v) is 9.57. The van der Waals surface area contributed by atoms with E-state index in [1.54, 1.807) is 6.08 Å². The van der Waals surface area contributed by atoms with Crippen molar-refractivity contribution in [3.63, 3.8) is 0 Å². The lowest BCUT2D eigenvalue weighted by atomic mass is 10.00. The molecule has 0 aromatic rings. The Morgan fingerprint density at radius 3 is 2.73 bits per heavy atom. The van der Waals surface area contributed by atoms with Crippen molar-refractivity contribution in [3.05, 3.63) is 12.2 Å². The Hall–Kier alpha value is -0.830. The van der Waals surface area contributed by atoms with E-state index in [-0.39, 0.29) is 5.97 Å². The number of rotatable bonds is 4. The molecule has 1 rings (SSSR count). The van der Waals surface area contributed by atoms with Crippen molar-refractivity contribution in [1.29, 1.82) is 0 Å². The van der Waals surface area contributed by atoms with E-state index in [0.29, 0.717) is 18.4 Å². The minimum absolute atomic E-state index is 0.227. The predicted octanol–water partition coefficient (Wildman–Crippen LogP) is 2.17. The highest BCUT2D eigenvalue weighted by Crippen LogP contribution is 2.15. The van der Waals surface area contributed by atoms with Gasteiger partial charge in [-0.1, -0.05) is 19.9 Å². The molecule has 0 N–H and O–H groups in total. The predicted molar refractivity (Wildman–Crippen MR) is 58.5 cm³/mol. The monoisotopic (exact) mass is 212 g/mol. The molecule has 0 aromatic heterocycles. The van der Waals surface area contributed by atoms with E-state index in [4.69, 9.17) is 9.47 Å². The molecule has 0 unspecified atom stereocenters. The number of hydrogen-bond acceptors (Lipinski definition) is 3. The molecule has 0 atom stereocenters. The van der Waals surface area contributed by atoms with Crippen molar-refractivity contribution >= 4 is 5.97 Å². The lowest BCUT2D eigenvalue weighted by Crippen LogP contribution is -2.14. The molecule has 0 radical (unpaired) electrons. The molecule has 1 aliphatic rings. The standard InChI is InChI=1S/C12H20O3/c1-10(2)9-15-12(13)4-3-11-5-7-14-8-6-11/h3-4,10-11H,5-9H2,1-2H3. The third kappa shape index (κ3) is 5.57. The van der Waals surface area contributed by atoms with E-state index in [9.17, 15) is 4.79 Å². The molecule has 3 nitrogen and oxygen atoms in total. The maximum atomic E-state index is 11.2. The van der Waals surface area contributed by atoms with Crippen LogP contribution in [0.3, 0.4) is 0 Å². The van der Waals surface area contributed by atoms with Crippen molar-refractivity contribution in [2.75, 3.05) is 19.8 Å². The van der Waals surface area contributed by atoms with Gasteiger partial charge < -0.3 is 9.47 Å². The molecular formula is C12H20O3. The number of esters is 1. The molecular weight excluding hydrogens is 192 g/mol. The average molecular weight is 212 g/mol. The second kappa shape index (κ2) is 6.62. The third-order valence-electron chi connectivity index (χ3n) is 2.33. The van der Waals surface area contributed by atoms with Crippen LogP contribution in [-0.2, 0) is 14.3 Å². The van der Waals surface area contributed by atoms with Gasteiger partial charge in [0.05, 0.1) is 6.61 Å². The summed E-state index contributed by atoms with van der Waals surface area (Å²) in [5.41, 5.74) is 0. The Kier molecular flexibility index (Phi) is 5.40. The Morgan fingerprint density at radius 1 is 1.47 bits per heavy atom. The Balaban J connectivity index is 2.20. The van der Waals surface area contributed by atoms with E-state index in [0.717, 1.165) is 26.1 Å². The van der Waals surface area contributed by atoms with Crippen LogP contribution in [0.4, 0.5) is 0 Å². The highest BCUT2D eigenvalue weighted by molar-refractivity contribution is 5.81. The zero-order chi connectivity index (χ0) is 11.1. The molecule has 1 aliphatic heterocycles. The Bertz CT molecular complexity index is 215. The topological polar surface area (TPSA) is 35.5 Å². The molecule has 0 aromatic carbocycles. The molecule has 0 spiro atoms. The molecule has 1 fully saturated rings. The van der Waals surface area contributed by atoms with Gasteiger partial charge in [0.1, 0.15) is 0 Å². The minimum atomic E-state index is -0.227. The summed E-state index contributed by atoms with van der Waals surface area (Å²) in [6.45, 7) is 6.15. The van der Waals surface area contributed by atoms with Gasteiger partial charge in [-0.25, -0.2) is 4.79 Å². The second-order valence-corrected chi connectivity index (χ2v) is 4.33. The van der Waals surface area contributed by atoms with Crippen LogP contribution >= 0.6 is 0 Å². The first-order valence-corrected chi connectivity index (χ1v) is 5.61. The first-order valence-electron chi connectivity index (χ1n) is 5.61. The summed E-state index contributed by atoms with van der Waals surface area (Å²) in [6, 6.07) is 0. The van der Waals surface area contributed by atoms with Crippen molar-refractivity contribution in [2.45, 2.75) is 26.7 Å². The Labute approximate surface area is 91.4 Å². The van der Waals surface area contributed by atoms with Crippen LogP contribution in [0.1, 0.15) is 26.7 Å². The molecule has 3 heteroatoms. The highest BCUT2D eigenvalue weighted by Gasteiger charge is 2.10. The molecule has 0 aliphatic carbocycles. The quantitative estimate of drug-likeness (QED) is 0.529. The van der Waals surface area contributed by atoms with Crippen LogP contribution in [0.5, 0.6) is 0 Å². The van der Waals surface area contributed by atoms with Crippen molar-refractivity contribution in [2.24, 2.45) is 11.8 Å². The van der Waals surface area contributed by atoms with E-state index >= 15 is 0 Å². The summed E-state index contributed by atoms with van der Waals surface area (Å²) >= 11 is 0. The summed E-state index contributed by atoms with van der Waals surface area (Å²) in [6.07, 6.45) is 5.52. The molecule has 86 valence electrons. The minimum Gasteiger partial charge on any atom is -0.462 e. The maximum absolute atomic E-state index is 11.2. The van der Waals surface area contributed by atoms with Gasteiger partial charge in [-0.15, -0.1) is 0 Å². The highest BCUT2D eigenvalue weighted by atomic mass is 16.5. The smallest absolute Gasteiger partial charge is 0.330 e. The van der Waals surface area contributed by atoms with Gasteiger partial charge in [0.15, 0.2) is 0 Å². The fourth-order valence-electron chi connectivity index (χ4n) is 1.42. The van der Waals surface area contributed by atoms with Gasteiger partial charge in [0, 0.05) is 19.3 Å². The summed E-state index contributed by atoms with van der Waals surface area (Å²) < 4.78 is 10.3. The normalized spacial score (nSPS) is 18.6. The second-order valence-electron chi connectivity index (χ2n) is 4.33. The van der Waals surface area contributed by atoms with E-state index in [1.807, 2.05) is 19.9 Å². The first-order chi connectivity index (χ1) is 7.18. The van der Waals surface area contributed by atoms with Gasteiger partial charge in [-0.2, -0.15) is 0 Å². The molecule has 1 saturated heterocycles. The van der Waals surface area contributed by atoms with Gasteiger partial charge in [0.2, 0.25) is 0 Å².